The molecule has 0 N–H and O–H groups in total. The van der Waals surface area contributed by atoms with E-state index in [1.165, 1.54) is 0 Å². The van der Waals surface area contributed by atoms with Crippen molar-refractivity contribution in [1.82, 2.24) is 0 Å². The van der Waals surface area contributed by atoms with Gasteiger partial charge in [0.05, 0.1) is 30.7 Å². The molecular formula is C28H48O5. The maximum Gasteiger partial charge on any atom is 0.309 e. The molecule has 3 saturated carbocycles. The molecule has 0 saturated heterocycles. The fraction of sp³-hybridized carbons (Fsp3) is 0.929. The summed E-state index contributed by atoms with van der Waals surface area (Å²) >= 11 is 0. The van der Waals surface area contributed by atoms with Crippen molar-refractivity contribution in [3.63, 3.8) is 0 Å². The van der Waals surface area contributed by atoms with E-state index in [1.54, 1.807) is 0 Å². The van der Waals surface area contributed by atoms with E-state index < -0.39 is 0 Å². The van der Waals surface area contributed by atoms with Crippen LogP contribution in [-0.2, 0) is 23.8 Å². The van der Waals surface area contributed by atoms with Crippen molar-refractivity contribution in [1.29, 1.82) is 0 Å². The van der Waals surface area contributed by atoms with Crippen molar-refractivity contribution in [2.45, 2.75) is 129 Å². The van der Waals surface area contributed by atoms with E-state index in [9.17, 15) is 9.59 Å². The molecule has 0 aromatic rings. The number of carbonyl (C=O) groups is 2. The lowest BCUT2D eigenvalue weighted by molar-refractivity contribution is -0.158. The molecule has 0 heterocycles. The number of carbonyl (C=O) groups excluding carboxylic acids is 2. The van der Waals surface area contributed by atoms with Crippen LogP contribution >= 0.6 is 0 Å². The molecule has 3 rings (SSSR count). The highest BCUT2D eigenvalue weighted by Crippen LogP contribution is 2.41. The molecule has 0 aromatic carbocycles. The molecule has 33 heavy (non-hydrogen) atoms. The van der Waals surface area contributed by atoms with Crippen LogP contribution in [0.4, 0.5) is 0 Å². The molecular weight excluding hydrogens is 416 g/mol. The van der Waals surface area contributed by atoms with E-state index in [0.29, 0.717) is 18.6 Å². The van der Waals surface area contributed by atoms with Gasteiger partial charge < -0.3 is 14.2 Å². The molecule has 0 radical (unpaired) electrons. The minimum Gasteiger partial charge on any atom is -0.465 e. The van der Waals surface area contributed by atoms with Crippen LogP contribution in [0.5, 0.6) is 0 Å². The van der Waals surface area contributed by atoms with Gasteiger partial charge in [0.25, 0.3) is 0 Å². The lowest BCUT2D eigenvalue weighted by Gasteiger charge is -2.37. The monoisotopic (exact) mass is 464 g/mol. The van der Waals surface area contributed by atoms with Crippen molar-refractivity contribution in [3.8, 4) is 0 Å². The van der Waals surface area contributed by atoms with Crippen LogP contribution in [0.3, 0.4) is 0 Å². The first-order chi connectivity index (χ1) is 15.9. The van der Waals surface area contributed by atoms with Gasteiger partial charge in [0.2, 0.25) is 0 Å². The highest BCUT2D eigenvalue weighted by molar-refractivity contribution is 5.73. The number of hydrogen-bond donors (Lipinski definition) is 0. The first-order valence-corrected chi connectivity index (χ1v) is 13.9. The van der Waals surface area contributed by atoms with Crippen LogP contribution in [0.15, 0.2) is 0 Å². The summed E-state index contributed by atoms with van der Waals surface area (Å²) in [6.45, 7) is 8.97. The SMILES string of the molecule is CCC(C)COC(=O)C1CCC(C2CCC(OC(=O)C3CCC(OC(C)C)CC3)CC2)CC1. The summed E-state index contributed by atoms with van der Waals surface area (Å²) in [6, 6.07) is 0. The Morgan fingerprint density at radius 2 is 1.18 bits per heavy atom. The van der Waals surface area contributed by atoms with Gasteiger partial charge in [0, 0.05) is 0 Å². The molecule has 1 atom stereocenters. The van der Waals surface area contributed by atoms with Gasteiger partial charge in [-0.3, -0.25) is 9.59 Å². The zero-order valence-electron chi connectivity index (χ0n) is 21.6. The highest BCUT2D eigenvalue weighted by atomic mass is 16.5. The first-order valence-electron chi connectivity index (χ1n) is 13.9. The van der Waals surface area contributed by atoms with Crippen LogP contribution < -0.4 is 0 Å². The molecule has 1 unspecified atom stereocenters. The normalized spacial score (nSPS) is 34.0. The van der Waals surface area contributed by atoms with Gasteiger partial charge in [-0.2, -0.15) is 0 Å². The van der Waals surface area contributed by atoms with Crippen molar-refractivity contribution < 1.29 is 23.8 Å². The maximum atomic E-state index is 12.7. The van der Waals surface area contributed by atoms with Gasteiger partial charge in [0.1, 0.15) is 6.10 Å². The molecule has 3 aliphatic carbocycles. The van der Waals surface area contributed by atoms with Crippen molar-refractivity contribution in [2.24, 2.45) is 29.6 Å². The van der Waals surface area contributed by atoms with E-state index in [4.69, 9.17) is 14.2 Å². The van der Waals surface area contributed by atoms with Crippen molar-refractivity contribution >= 4 is 11.9 Å². The average Bonchev–Trinajstić information content (AvgIpc) is 2.83. The van der Waals surface area contributed by atoms with E-state index in [0.717, 1.165) is 95.3 Å². The fourth-order valence-electron chi connectivity index (χ4n) is 6.04. The molecule has 0 aromatic heterocycles. The highest BCUT2D eigenvalue weighted by Gasteiger charge is 2.35. The van der Waals surface area contributed by atoms with E-state index >= 15 is 0 Å². The topological polar surface area (TPSA) is 61.8 Å². The van der Waals surface area contributed by atoms with E-state index in [2.05, 4.69) is 27.7 Å². The van der Waals surface area contributed by atoms with Gasteiger partial charge in [-0.15, -0.1) is 0 Å². The third-order valence-corrected chi connectivity index (χ3v) is 8.45. The van der Waals surface area contributed by atoms with Crippen molar-refractivity contribution in [3.05, 3.63) is 0 Å². The minimum atomic E-state index is 0.0224. The Hall–Kier alpha value is -1.10. The van der Waals surface area contributed by atoms with Gasteiger partial charge in [-0.05, 0) is 109 Å². The van der Waals surface area contributed by atoms with Crippen LogP contribution in [0.1, 0.15) is 111 Å². The Bertz CT molecular complexity index is 593. The van der Waals surface area contributed by atoms with Crippen LogP contribution in [0.2, 0.25) is 0 Å². The first kappa shape index (κ1) is 26.5. The summed E-state index contributed by atoms with van der Waals surface area (Å²) < 4.78 is 17.4. The summed E-state index contributed by atoms with van der Waals surface area (Å²) in [5.41, 5.74) is 0. The second kappa shape index (κ2) is 13.1. The third kappa shape index (κ3) is 8.26. The van der Waals surface area contributed by atoms with Gasteiger partial charge in [-0.25, -0.2) is 0 Å². The number of ether oxygens (including phenoxy) is 3. The lowest BCUT2D eigenvalue weighted by atomic mass is 9.70. The molecule has 5 nitrogen and oxygen atoms in total. The summed E-state index contributed by atoms with van der Waals surface area (Å²) in [7, 11) is 0. The molecule has 0 aliphatic heterocycles. The Labute approximate surface area is 201 Å². The van der Waals surface area contributed by atoms with Gasteiger partial charge >= 0.3 is 11.9 Å². The van der Waals surface area contributed by atoms with Gasteiger partial charge in [-0.1, -0.05) is 20.3 Å². The molecule has 0 bridgehead atoms. The second-order valence-corrected chi connectivity index (χ2v) is 11.4. The molecule has 5 heteroatoms. The zero-order chi connectivity index (χ0) is 23.8. The molecule has 3 fully saturated rings. The lowest BCUT2D eigenvalue weighted by Crippen LogP contribution is -2.34. The largest absolute Gasteiger partial charge is 0.465 e. The Kier molecular flexibility index (Phi) is 10.5. The predicted octanol–water partition coefficient (Wildman–Crippen LogP) is 6.47. The molecule has 3 aliphatic rings. The fourth-order valence-corrected chi connectivity index (χ4v) is 6.04. The number of esters is 2. The quantitative estimate of drug-likeness (QED) is 0.366. The Morgan fingerprint density at radius 1 is 0.697 bits per heavy atom. The van der Waals surface area contributed by atoms with E-state index in [-0.39, 0.29) is 36.0 Å². The second-order valence-electron chi connectivity index (χ2n) is 11.4. The minimum absolute atomic E-state index is 0.0224. The Morgan fingerprint density at radius 3 is 1.73 bits per heavy atom. The zero-order valence-corrected chi connectivity index (χ0v) is 21.6. The van der Waals surface area contributed by atoms with Gasteiger partial charge in [0.15, 0.2) is 0 Å². The third-order valence-electron chi connectivity index (χ3n) is 8.45. The van der Waals surface area contributed by atoms with Crippen LogP contribution in [0, 0.1) is 29.6 Å². The van der Waals surface area contributed by atoms with Crippen LogP contribution in [-0.4, -0.2) is 36.9 Å². The summed E-state index contributed by atoms with van der Waals surface area (Å²) in [5, 5.41) is 0. The van der Waals surface area contributed by atoms with Crippen molar-refractivity contribution in [2.75, 3.05) is 6.61 Å². The maximum absolute atomic E-state index is 12.7. The van der Waals surface area contributed by atoms with Crippen LogP contribution in [0.25, 0.3) is 0 Å². The number of rotatable bonds is 9. The summed E-state index contributed by atoms with van der Waals surface area (Å²) in [6.07, 6.45) is 14.0. The molecule has 0 amide bonds. The summed E-state index contributed by atoms with van der Waals surface area (Å²) in [5.74, 6) is 2.10. The average molecular weight is 465 g/mol. The smallest absolute Gasteiger partial charge is 0.309 e. The summed E-state index contributed by atoms with van der Waals surface area (Å²) in [4.78, 5) is 25.1. The predicted molar refractivity (Wildman–Crippen MR) is 130 cm³/mol. The van der Waals surface area contributed by atoms with E-state index in [1.807, 2.05) is 0 Å². The molecule has 0 spiro atoms. The Balaban J connectivity index is 1.31. The number of hydrogen-bond acceptors (Lipinski definition) is 5. The standard InChI is InChI=1S/C28H48O5/c1-5-20(4)18-31-27(29)23-8-6-21(7-9-23)22-10-14-26(15-11-22)33-28(30)24-12-16-25(17-13-24)32-19(2)3/h19-26H,5-18H2,1-4H3. The molecule has 190 valence electrons.